The molecule has 0 saturated heterocycles. The number of aryl methyl sites for hydroxylation is 2. The Morgan fingerprint density at radius 2 is 2.18 bits per heavy atom. The van der Waals surface area contributed by atoms with Gasteiger partial charge in [0, 0.05) is 25.9 Å². The summed E-state index contributed by atoms with van der Waals surface area (Å²) < 4.78 is 3.77. The monoisotopic (exact) mass is 379 g/mol. The fraction of sp³-hybridized carbons (Fsp3) is 0.400. The van der Waals surface area contributed by atoms with E-state index in [0.29, 0.717) is 12.8 Å². The number of rotatable bonds is 6. The Balaban J connectivity index is 1.30. The molecule has 146 valence electrons. The number of benzene rings is 1. The van der Waals surface area contributed by atoms with Crippen LogP contribution >= 0.6 is 0 Å². The maximum Gasteiger partial charge on any atom is 0.220 e. The molecule has 0 bridgehead atoms. The zero-order chi connectivity index (χ0) is 19.3. The molecule has 0 aliphatic carbocycles. The Morgan fingerprint density at radius 1 is 1.32 bits per heavy atom. The zero-order valence-corrected chi connectivity index (χ0v) is 16.0. The van der Waals surface area contributed by atoms with Crippen LogP contribution in [0.25, 0.3) is 5.69 Å². The second kappa shape index (κ2) is 8.35. The molecule has 1 atom stereocenters. The zero-order valence-electron chi connectivity index (χ0n) is 16.0. The summed E-state index contributed by atoms with van der Waals surface area (Å²) in [6, 6.07) is 10.00. The molecule has 2 aromatic heterocycles. The summed E-state index contributed by atoms with van der Waals surface area (Å²) in [5.74, 6) is 0.0363. The quantitative estimate of drug-likeness (QED) is 0.681. The highest BCUT2D eigenvalue weighted by atomic mass is 16.1. The van der Waals surface area contributed by atoms with E-state index < -0.39 is 0 Å². The summed E-state index contributed by atoms with van der Waals surface area (Å²) in [5.41, 5.74) is 4.18. The Hall–Kier alpha value is -3.00. The first-order valence-corrected chi connectivity index (χ1v) is 9.70. The summed E-state index contributed by atoms with van der Waals surface area (Å²) in [7, 11) is 0. The molecule has 1 aliphatic rings. The van der Waals surface area contributed by atoms with Gasteiger partial charge in [-0.1, -0.05) is 12.1 Å². The van der Waals surface area contributed by atoms with Crippen LogP contribution in [0.5, 0.6) is 0 Å². The minimum Gasteiger partial charge on any atom is -0.350 e. The van der Waals surface area contributed by atoms with Gasteiger partial charge >= 0.3 is 0 Å². The fourth-order valence-corrected chi connectivity index (χ4v) is 3.44. The van der Waals surface area contributed by atoms with Crippen LogP contribution in [0.15, 0.2) is 43.0 Å². The first-order valence-electron chi connectivity index (χ1n) is 9.70. The van der Waals surface area contributed by atoms with Crippen LogP contribution in [-0.4, -0.2) is 37.0 Å². The van der Waals surface area contributed by atoms with Crippen LogP contribution < -0.4 is 10.6 Å². The molecular formula is C20H25N7O. The van der Waals surface area contributed by atoms with E-state index in [4.69, 9.17) is 0 Å². The molecule has 1 aromatic carbocycles. The highest BCUT2D eigenvalue weighted by Crippen LogP contribution is 2.16. The third kappa shape index (κ3) is 4.28. The normalized spacial score (nSPS) is 14.9. The number of aromatic nitrogens is 5. The topological polar surface area (TPSA) is 89.7 Å². The average molecular weight is 379 g/mol. The minimum absolute atomic E-state index is 0.0363. The third-order valence-electron chi connectivity index (χ3n) is 5.01. The molecule has 0 saturated carbocycles. The number of carbonyl (C=O) groups is 1. The van der Waals surface area contributed by atoms with Gasteiger partial charge in [-0.2, -0.15) is 10.2 Å². The molecule has 0 unspecified atom stereocenters. The number of carbonyl (C=O) groups excluding carboxylic acids is 1. The third-order valence-corrected chi connectivity index (χ3v) is 5.01. The highest BCUT2D eigenvalue weighted by molar-refractivity contribution is 5.76. The highest BCUT2D eigenvalue weighted by Gasteiger charge is 2.13. The smallest absolute Gasteiger partial charge is 0.220 e. The van der Waals surface area contributed by atoms with E-state index in [-0.39, 0.29) is 11.9 Å². The van der Waals surface area contributed by atoms with E-state index in [1.54, 1.807) is 11.0 Å². The molecule has 4 rings (SSSR count). The van der Waals surface area contributed by atoms with Crippen LogP contribution in [0.2, 0.25) is 0 Å². The first-order chi connectivity index (χ1) is 13.7. The SMILES string of the molecule is C[C@H](NC(=O)CCc1cc2n(n1)CCCNC2)c1ccc(-n2cncn2)cc1. The van der Waals surface area contributed by atoms with Gasteiger partial charge in [0.1, 0.15) is 12.7 Å². The number of fused-ring (bicyclic) bond motifs is 1. The van der Waals surface area contributed by atoms with E-state index >= 15 is 0 Å². The second-order valence-electron chi connectivity index (χ2n) is 7.10. The molecule has 0 radical (unpaired) electrons. The molecule has 8 nitrogen and oxygen atoms in total. The van der Waals surface area contributed by atoms with Gasteiger partial charge in [-0.3, -0.25) is 9.48 Å². The average Bonchev–Trinajstić information content (AvgIpc) is 3.32. The summed E-state index contributed by atoms with van der Waals surface area (Å²) in [5, 5.41) is 15.2. The van der Waals surface area contributed by atoms with Gasteiger partial charge in [0.15, 0.2) is 0 Å². The fourth-order valence-electron chi connectivity index (χ4n) is 3.44. The molecule has 28 heavy (non-hydrogen) atoms. The molecule has 8 heteroatoms. The number of hydrogen-bond acceptors (Lipinski definition) is 5. The summed E-state index contributed by atoms with van der Waals surface area (Å²) in [6.45, 7) is 4.81. The Morgan fingerprint density at radius 3 is 2.96 bits per heavy atom. The molecule has 3 heterocycles. The summed E-state index contributed by atoms with van der Waals surface area (Å²) in [6.07, 6.45) is 5.34. The van der Waals surface area contributed by atoms with Gasteiger partial charge in [0.05, 0.1) is 23.1 Å². The maximum atomic E-state index is 12.4. The van der Waals surface area contributed by atoms with Crippen molar-refractivity contribution in [2.75, 3.05) is 6.54 Å². The van der Waals surface area contributed by atoms with Crippen LogP contribution in [0.4, 0.5) is 0 Å². The van der Waals surface area contributed by atoms with Crippen LogP contribution in [0.1, 0.15) is 42.8 Å². The van der Waals surface area contributed by atoms with Gasteiger partial charge in [-0.05, 0) is 43.7 Å². The Kier molecular flexibility index (Phi) is 5.48. The van der Waals surface area contributed by atoms with Gasteiger partial charge in [0.25, 0.3) is 0 Å². The molecule has 1 amide bonds. The Bertz CT molecular complexity index is 891. The predicted octanol–water partition coefficient (Wildman–Crippen LogP) is 1.77. The van der Waals surface area contributed by atoms with Crippen molar-refractivity contribution in [3.8, 4) is 5.69 Å². The molecule has 0 fully saturated rings. The lowest BCUT2D eigenvalue weighted by atomic mass is 10.1. The van der Waals surface area contributed by atoms with E-state index in [2.05, 4.69) is 36.6 Å². The van der Waals surface area contributed by atoms with Gasteiger partial charge < -0.3 is 10.6 Å². The molecule has 2 N–H and O–H groups in total. The first kappa shape index (κ1) is 18.4. The van der Waals surface area contributed by atoms with Crippen LogP contribution in [0.3, 0.4) is 0 Å². The number of nitrogens with zero attached hydrogens (tertiary/aromatic N) is 5. The second-order valence-corrected chi connectivity index (χ2v) is 7.10. The Labute approximate surface area is 164 Å². The van der Waals surface area contributed by atoms with Crippen molar-refractivity contribution >= 4 is 5.91 Å². The van der Waals surface area contributed by atoms with Crippen molar-refractivity contribution in [2.45, 2.75) is 45.3 Å². The van der Waals surface area contributed by atoms with Crippen molar-refractivity contribution in [3.63, 3.8) is 0 Å². The summed E-state index contributed by atoms with van der Waals surface area (Å²) in [4.78, 5) is 16.3. The van der Waals surface area contributed by atoms with Crippen LogP contribution in [0, 0.1) is 0 Å². The van der Waals surface area contributed by atoms with E-state index in [9.17, 15) is 4.79 Å². The minimum atomic E-state index is -0.0554. The number of hydrogen-bond donors (Lipinski definition) is 2. The number of amides is 1. The standard InChI is InChI=1S/C20H25N7O/c1-15(16-3-6-18(7-4-16)27-14-22-13-23-27)24-20(28)8-5-17-11-19-12-21-9-2-10-26(19)25-17/h3-4,6-7,11,13-15,21H,2,5,8-10,12H2,1H3,(H,24,28)/t15-/m0/s1. The lowest BCUT2D eigenvalue weighted by Gasteiger charge is -2.14. The van der Waals surface area contributed by atoms with Crippen molar-refractivity contribution in [1.82, 2.24) is 35.2 Å². The van der Waals surface area contributed by atoms with E-state index in [1.165, 1.54) is 12.0 Å². The van der Waals surface area contributed by atoms with Crippen LogP contribution in [-0.2, 0) is 24.3 Å². The van der Waals surface area contributed by atoms with Crippen molar-refractivity contribution in [2.24, 2.45) is 0 Å². The van der Waals surface area contributed by atoms with Gasteiger partial charge in [0.2, 0.25) is 5.91 Å². The maximum absolute atomic E-state index is 12.4. The lowest BCUT2D eigenvalue weighted by Crippen LogP contribution is -2.26. The van der Waals surface area contributed by atoms with Crippen molar-refractivity contribution in [1.29, 1.82) is 0 Å². The molecular weight excluding hydrogens is 354 g/mol. The lowest BCUT2D eigenvalue weighted by molar-refractivity contribution is -0.121. The van der Waals surface area contributed by atoms with Crippen molar-refractivity contribution < 1.29 is 4.79 Å². The molecule has 3 aromatic rings. The predicted molar refractivity (Wildman–Crippen MR) is 105 cm³/mol. The van der Waals surface area contributed by atoms with Gasteiger partial charge in [-0.25, -0.2) is 9.67 Å². The molecule has 1 aliphatic heterocycles. The van der Waals surface area contributed by atoms with E-state index in [1.807, 2.05) is 31.2 Å². The molecule has 0 spiro atoms. The summed E-state index contributed by atoms with van der Waals surface area (Å²) >= 11 is 0. The number of nitrogens with one attached hydrogen (secondary N) is 2. The van der Waals surface area contributed by atoms with Gasteiger partial charge in [-0.15, -0.1) is 0 Å². The largest absolute Gasteiger partial charge is 0.350 e. The van der Waals surface area contributed by atoms with Crippen molar-refractivity contribution in [3.05, 3.63) is 59.9 Å². The van der Waals surface area contributed by atoms with E-state index in [0.717, 1.165) is 43.0 Å².